The summed E-state index contributed by atoms with van der Waals surface area (Å²) in [7, 11) is 0. The van der Waals surface area contributed by atoms with E-state index < -0.39 is 0 Å². The van der Waals surface area contributed by atoms with Crippen molar-refractivity contribution in [2.45, 2.75) is 26.8 Å². The summed E-state index contributed by atoms with van der Waals surface area (Å²) in [5.74, 6) is 0. The molecule has 0 heterocycles. The fraction of sp³-hybridized carbons (Fsp3) is 1.00. The van der Waals surface area contributed by atoms with Gasteiger partial charge in [-0.05, 0) is 20.4 Å². The van der Waals surface area contributed by atoms with Crippen LogP contribution in [-0.4, -0.2) is 30.7 Å². The first-order valence-electron chi connectivity index (χ1n) is 3.52. The molecule has 0 aliphatic carbocycles. The first-order chi connectivity index (χ1) is 4.22. The predicted octanol–water partition coefficient (Wildman–Crippen LogP) is 1.69. The zero-order valence-corrected chi connectivity index (χ0v) is 6.52. The molecule has 0 rings (SSSR count). The minimum absolute atomic E-state index is 0.230. The normalized spacial score (nSPS) is 11.3. The maximum atomic E-state index is 11.7. The van der Waals surface area contributed by atoms with E-state index in [0.717, 1.165) is 6.54 Å². The average Bonchev–Trinajstić information content (AvgIpc) is 1.82. The molecule has 0 bridgehead atoms. The second kappa shape index (κ2) is 4.74. The van der Waals surface area contributed by atoms with Crippen LogP contribution in [0.15, 0.2) is 0 Å². The zero-order valence-electron chi connectivity index (χ0n) is 6.52. The van der Waals surface area contributed by atoms with Crippen molar-refractivity contribution in [2.75, 3.05) is 19.8 Å². The van der Waals surface area contributed by atoms with Crippen molar-refractivity contribution in [1.29, 1.82) is 0 Å². The summed E-state index contributed by atoms with van der Waals surface area (Å²) in [6.07, 6.45) is 0. The molecule has 0 aliphatic heterocycles. The Balaban J connectivity index is 3.41. The third-order valence-electron chi connectivity index (χ3n) is 1.51. The third-order valence-corrected chi connectivity index (χ3v) is 1.51. The third kappa shape index (κ3) is 3.46. The molecule has 0 saturated heterocycles. The lowest BCUT2D eigenvalue weighted by Crippen LogP contribution is -2.32. The Labute approximate surface area is 56.9 Å². The van der Waals surface area contributed by atoms with E-state index in [2.05, 4.69) is 25.7 Å². The van der Waals surface area contributed by atoms with Gasteiger partial charge in [0.1, 0.15) is 6.67 Å². The summed E-state index contributed by atoms with van der Waals surface area (Å²) in [5.41, 5.74) is 0. The summed E-state index contributed by atoms with van der Waals surface area (Å²) in [6, 6.07) is 0.478. The van der Waals surface area contributed by atoms with Crippen LogP contribution >= 0.6 is 0 Å². The number of rotatable bonds is 4. The Hall–Kier alpha value is -0.110. The summed E-state index contributed by atoms with van der Waals surface area (Å²) in [6.45, 7) is 7.51. The molecule has 0 aromatic heterocycles. The lowest BCUT2D eigenvalue weighted by Gasteiger charge is -2.22. The first kappa shape index (κ1) is 8.89. The van der Waals surface area contributed by atoms with Gasteiger partial charge in [-0.25, -0.2) is 4.39 Å². The molecule has 0 aromatic carbocycles. The highest BCUT2D eigenvalue weighted by Gasteiger charge is 2.04. The van der Waals surface area contributed by atoms with Crippen molar-refractivity contribution in [3.05, 3.63) is 0 Å². The molecule has 2 heteroatoms. The quantitative estimate of drug-likeness (QED) is 0.564. The van der Waals surface area contributed by atoms with Gasteiger partial charge in [0.2, 0.25) is 0 Å². The topological polar surface area (TPSA) is 3.24 Å². The number of hydrogen-bond acceptors (Lipinski definition) is 1. The van der Waals surface area contributed by atoms with Gasteiger partial charge in [-0.15, -0.1) is 0 Å². The predicted molar refractivity (Wildman–Crippen MR) is 38.4 cm³/mol. The Morgan fingerprint density at radius 1 is 1.44 bits per heavy atom. The molecule has 0 spiro atoms. The molecule has 0 N–H and O–H groups in total. The Kier molecular flexibility index (Phi) is 4.68. The molecule has 0 fully saturated rings. The van der Waals surface area contributed by atoms with Crippen molar-refractivity contribution >= 4 is 0 Å². The van der Waals surface area contributed by atoms with E-state index >= 15 is 0 Å². The van der Waals surface area contributed by atoms with Gasteiger partial charge in [0.15, 0.2) is 0 Å². The van der Waals surface area contributed by atoms with Gasteiger partial charge in [0.05, 0.1) is 0 Å². The van der Waals surface area contributed by atoms with Crippen LogP contribution in [0, 0.1) is 0 Å². The molecule has 0 aliphatic rings. The monoisotopic (exact) mass is 133 g/mol. The van der Waals surface area contributed by atoms with Crippen LogP contribution in [0.2, 0.25) is 0 Å². The van der Waals surface area contributed by atoms with Crippen molar-refractivity contribution < 1.29 is 4.39 Å². The van der Waals surface area contributed by atoms with Crippen LogP contribution in [0.5, 0.6) is 0 Å². The number of alkyl halides is 1. The Bertz CT molecular complexity index is 63.9. The number of halogens is 1. The fourth-order valence-corrected chi connectivity index (χ4v) is 0.890. The highest BCUT2D eigenvalue weighted by molar-refractivity contribution is 4.58. The van der Waals surface area contributed by atoms with Crippen LogP contribution in [0.25, 0.3) is 0 Å². The molecule has 56 valence electrons. The minimum atomic E-state index is -0.230. The molecular weight excluding hydrogens is 117 g/mol. The minimum Gasteiger partial charge on any atom is -0.299 e. The highest BCUT2D eigenvalue weighted by Crippen LogP contribution is 1.95. The highest BCUT2D eigenvalue weighted by atomic mass is 19.1. The van der Waals surface area contributed by atoms with Gasteiger partial charge in [-0.1, -0.05) is 6.92 Å². The van der Waals surface area contributed by atoms with Gasteiger partial charge >= 0.3 is 0 Å². The van der Waals surface area contributed by atoms with E-state index in [1.54, 1.807) is 0 Å². The van der Waals surface area contributed by atoms with E-state index in [1.165, 1.54) is 0 Å². The van der Waals surface area contributed by atoms with E-state index in [9.17, 15) is 4.39 Å². The van der Waals surface area contributed by atoms with Crippen molar-refractivity contribution in [1.82, 2.24) is 4.90 Å². The van der Waals surface area contributed by atoms with Gasteiger partial charge in [-0.3, -0.25) is 4.90 Å². The Morgan fingerprint density at radius 3 is 2.11 bits per heavy atom. The zero-order chi connectivity index (χ0) is 7.28. The smallest absolute Gasteiger partial charge is 0.102 e. The number of nitrogens with zero attached hydrogens (tertiary/aromatic N) is 1. The van der Waals surface area contributed by atoms with Crippen molar-refractivity contribution in [3.63, 3.8) is 0 Å². The van der Waals surface area contributed by atoms with Crippen LogP contribution in [0.1, 0.15) is 20.8 Å². The lowest BCUT2D eigenvalue weighted by atomic mass is 10.3. The van der Waals surface area contributed by atoms with Gasteiger partial charge in [-0.2, -0.15) is 0 Å². The van der Waals surface area contributed by atoms with E-state index in [-0.39, 0.29) is 6.67 Å². The second-order valence-corrected chi connectivity index (χ2v) is 2.41. The summed E-state index contributed by atoms with van der Waals surface area (Å²) in [4.78, 5) is 2.10. The standard InChI is InChI=1S/C7H16FN/c1-4-9(6-5-8)7(2)3/h7H,4-6H2,1-3H3. The largest absolute Gasteiger partial charge is 0.299 e. The average molecular weight is 133 g/mol. The van der Waals surface area contributed by atoms with Crippen molar-refractivity contribution in [3.8, 4) is 0 Å². The molecule has 1 nitrogen and oxygen atoms in total. The summed E-state index contributed by atoms with van der Waals surface area (Å²) in [5, 5.41) is 0. The van der Waals surface area contributed by atoms with Gasteiger partial charge in [0, 0.05) is 12.6 Å². The van der Waals surface area contributed by atoms with Crippen LogP contribution < -0.4 is 0 Å². The van der Waals surface area contributed by atoms with Crippen LogP contribution in [0.3, 0.4) is 0 Å². The fourth-order valence-electron chi connectivity index (χ4n) is 0.890. The SMILES string of the molecule is CCN(CCF)C(C)C. The van der Waals surface area contributed by atoms with E-state index in [0.29, 0.717) is 12.6 Å². The maximum absolute atomic E-state index is 11.7. The molecular formula is C7H16FN. The van der Waals surface area contributed by atoms with E-state index in [1.807, 2.05) is 0 Å². The van der Waals surface area contributed by atoms with Gasteiger partial charge < -0.3 is 0 Å². The molecule has 0 unspecified atom stereocenters. The molecule has 0 aromatic rings. The number of hydrogen-bond donors (Lipinski definition) is 0. The molecule has 0 atom stereocenters. The Morgan fingerprint density at radius 2 is 2.00 bits per heavy atom. The molecule has 0 saturated carbocycles. The van der Waals surface area contributed by atoms with Crippen molar-refractivity contribution in [2.24, 2.45) is 0 Å². The van der Waals surface area contributed by atoms with Crippen LogP contribution in [-0.2, 0) is 0 Å². The van der Waals surface area contributed by atoms with Crippen LogP contribution in [0.4, 0.5) is 4.39 Å². The molecule has 9 heavy (non-hydrogen) atoms. The second-order valence-electron chi connectivity index (χ2n) is 2.41. The maximum Gasteiger partial charge on any atom is 0.102 e. The first-order valence-corrected chi connectivity index (χ1v) is 3.52. The lowest BCUT2D eigenvalue weighted by molar-refractivity contribution is 0.213. The van der Waals surface area contributed by atoms with Gasteiger partial charge in [0.25, 0.3) is 0 Å². The summed E-state index contributed by atoms with van der Waals surface area (Å²) >= 11 is 0. The summed E-state index contributed by atoms with van der Waals surface area (Å²) < 4.78 is 11.7. The molecule has 0 radical (unpaired) electrons. The van der Waals surface area contributed by atoms with E-state index in [4.69, 9.17) is 0 Å². The molecule has 0 amide bonds.